The minimum absolute atomic E-state index is 0.184. The largest absolute Gasteiger partial charge is 0.573 e. The number of nitrogens with one attached hydrogen (secondary N) is 2. The second-order valence-electron chi connectivity index (χ2n) is 7.70. The topological polar surface area (TPSA) is 105 Å². The first-order chi connectivity index (χ1) is 16.1. The summed E-state index contributed by atoms with van der Waals surface area (Å²) in [5.41, 5.74) is 7.23. The highest BCUT2D eigenvalue weighted by atomic mass is 19.4. The van der Waals surface area contributed by atoms with Crippen LogP contribution in [0.15, 0.2) is 54.6 Å². The number of amides is 1. The highest BCUT2D eigenvalue weighted by Gasteiger charge is 2.31. The predicted octanol–water partition coefficient (Wildman–Crippen LogP) is 4.24. The number of carbonyl (C=O) groups excluding carboxylic acids is 1. The molecule has 0 bridgehead atoms. The number of nitrogens with zero attached hydrogens (tertiary/aromatic N) is 3. The van der Waals surface area contributed by atoms with E-state index in [1.54, 1.807) is 30.3 Å². The van der Waals surface area contributed by atoms with Crippen molar-refractivity contribution in [3.8, 4) is 17.0 Å². The number of hydrogen-bond acceptors (Lipinski definition) is 7. The zero-order chi connectivity index (χ0) is 24.7. The summed E-state index contributed by atoms with van der Waals surface area (Å²) in [4.78, 5) is 23.4. The van der Waals surface area contributed by atoms with E-state index < -0.39 is 12.3 Å². The van der Waals surface area contributed by atoms with Crippen LogP contribution in [0.5, 0.6) is 5.75 Å². The molecule has 1 heterocycles. The highest BCUT2D eigenvalue weighted by Crippen LogP contribution is 2.28. The molecule has 0 unspecified atom stereocenters. The molecule has 0 fully saturated rings. The van der Waals surface area contributed by atoms with Crippen LogP contribution < -0.4 is 21.1 Å². The maximum absolute atomic E-state index is 12.6. The summed E-state index contributed by atoms with van der Waals surface area (Å²) >= 11 is 0. The van der Waals surface area contributed by atoms with E-state index in [1.165, 1.54) is 24.3 Å². The maximum atomic E-state index is 12.6. The number of alkyl halides is 3. The van der Waals surface area contributed by atoms with E-state index in [-0.39, 0.29) is 17.5 Å². The van der Waals surface area contributed by atoms with E-state index in [2.05, 4.69) is 25.3 Å². The molecule has 11 heteroatoms. The third-order valence-electron chi connectivity index (χ3n) is 4.57. The van der Waals surface area contributed by atoms with Gasteiger partial charge in [0.25, 0.3) is 5.91 Å². The first kappa shape index (κ1) is 24.8. The lowest BCUT2D eigenvalue weighted by molar-refractivity contribution is -0.274. The number of benzene rings is 2. The first-order valence-corrected chi connectivity index (χ1v) is 10.4. The quantitative estimate of drug-likeness (QED) is 0.315. The van der Waals surface area contributed by atoms with Gasteiger partial charge in [0.05, 0.1) is 5.69 Å². The van der Waals surface area contributed by atoms with Gasteiger partial charge in [0, 0.05) is 29.4 Å². The molecule has 3 rings (SSSR count). The average molecular weight is 474 g/mol. The van der Waals surface area contributed by atoms with Crippen molar-refractivity contribution in [3.63, 3.8) is 0 Å². The van der Waals surface area contributed by atoms with Gasteiger partial charge in [0.2, 0.25) is 5.95 Å². The number of ether oxygens (including phenoxy) is 1. The van der Waals surface area contributed by atoms with Crippen LogP contribution in [0.25, 0.3) is 11.3 Å². The third kappa shape index (κ3) is 7.62. The Morgan fingerprint density at radius 1 is 1.09 bits per heavy atom. The number of carbonyl (C=O) groups is 1. The maximum Gasteiger partial charge on any atom is 0.573 e. The first-order valence-electron chi connectivity index (χ1n) is 10.4. The van der Waals surface area contributed by atoms with Crippen molar-refractivity contribution in [3.05, 3.63) is 60.2 Å². The van der Waals surface area contributed by atoms with Gasteiger partial charge < -0.3 is 26.0 Å². The van der Waals surface area contributed by atoms with Gasteiger partial charge in [-0.3, -0.25) is 4.79 Å². The molecule has 4 N–H and O–H groups in total. The average Bonchev–Trinajstić information content (AvgIpc) is 2.76. The molecule has 0 aliphatic heterocycles. The van der Waals surface area contributed by atoms with Gasteiger partial charge in [-0.05, 0) is 63.5 Å². The standard InChI is InChI=1S/C23H25F3N6O2/c1-32(2)12-4-11-28-22-29-19(16-5-3-6-18(13-16)34-23(24,25)26)14-20(31-22)30-21(33)15-7-9-17(27)10-8-15/h3,5-10,13-14H,4,11-12,27H2,1-2H3,(H2,28,29,30,31,33). The van der Waals surface area contributed by atoms with Crippen molar-refractivity contribution in [2.45, 2.75) is 12.8 Å². The van der Waals surface area contributed by atoms with Crippen LogP contribution in [0, 0.1) is 0 Å². The minimum Gasteiger partial charge on any atom is -0.406 e. The van der Waals surface area contributed by atoms with Crippen molar-refractivity contribution in [1.82, 2.24) is 14.9 Å². The van der Waals surface area contributed by atoms with E-state index in [9.17, 15) is 18.0 Å². The van der Waals surface area contributed by atoms with Gasteiger partial charge in [-0.2, -0.15) is 4.98 Å². The highest BCUT2D eigenvalue weighted by molar-refractivity contribution is 6.04. The molecule has 0 atom stereocenters. The zero-order valence-electron chi connectivity index (χ0n) is 18.7. The van der Waals surface area contributed by atoms with Crippen LogP contribution >= 0.6 is 0 Å². The smallest absolute Gasteiger partial charge is 0.406 e. The molecule has 34 heavy (non-hydrogen) atoms. The van der Waals surface area contributed by atoms with Gasteiger partial charge in [-0.15, -0.1) is 13.2 Å². The normalized spacial score (nSPS) is 11.4. The summed E-state index contributed by atoms with van der Waals surface area (Å²) in [6, 6.07) is 13.3. The van der Waals surface area contributed by atoms with E-state index in [0.29, 0.717) is 29.1 Å². The van der Waals surface area contributed by atoms with Crippen LogP contribution in [0.4, 0.5) is 30.6 Å². The molecular weight excluding hydrogens is 449 g/mol. The minimum atomic E-state index is -4.82. The second kappa shape index (κ2) is 10.8. The van der Waals surface area contributed by atoms with E-state index in [1.807, 2.05) is 19.0 Å². The van der Waals surface area contributed by atoms with Crippen molar-refractivity contribution < 1.29 is 22.7 Å². The molecule has 0 aliphatic rings. The number of halogens is 3. The molecule has 1 amide bonds. The molecule has 0 saturated carbocycles. The van der Waals surface area contributed by atoms with Crippen molar-refractivity contribution >= 4 is 23.4 Å². The van der Waals surface area contributed by atoms with E-state index >= 15 is 0 Å². The van der Waals surface area contributed by atoms with Crippen molar-refractivity contribution in [2.75, 3.05) is 43.6 Å². The summed E-state index contributed by atoms with van der Waals surface area (Å²) in [6.45, 7) is 1.40. The summed E-state index contributed by atoms with van der Waals surface area (Å²) in [7, 11) is 3.91. The van der Waals surface area contributed by atoms with Gasteiger partial charge in [0.15, 0.2) is 0 Å². The molecule has 0 spiro atoms. The summed E-state index contributed by atoms with van der Waals surface area (Å²) in [6.07, 6.45) is -4.01. The fourth-order valence-corrected chi connectivity index (χ4v) is 3.01. The van der Waals surface area contributed by atoms with E-state index in [0.717, 1.165) is 13.0 Å². The molecule has 2 aromatic carbocycles. The number of aromatic nitrogens is 2. The van der Waals surface area contributed by atoms with Crippen LogP contribution in [-0.2, 0) is 0 Å². The van der Waals surface area contributed by atoms with Gasteiger partial charge in [-0.1, -0.05) is 12.1 Å². The molecule has 8 nitrogen and oxygen atoms in total. The third-order valence-corrected chi connectivity index (χ3v) is 4.57. The summed E-state index contributed by atoms with van der Waals surface area (Å²) in [5, 5.41) is 5.80. The number of hydrogen-bond donors (Lipinski definition) is 3. The summed E-state index contributed by atoms with van der Waals surface area (Å²) in [5.74, 6) is -0.385. The number of nitrogens with two attached hydrogens (primary N) is 1. The molecule has 3 aromatic rings. The lowest BCUT2D eigenvalue weighted by atomic mass is 10.1. The Hall–Kier alpha value is -3.86. The van der Waals surface area contributed by atoms with Crippen molar-refractivity contribution in [2.24, 2.45) is 0 Å². The Labute approximate surface area is 195 Å². The number of anilines is 3. The Morgan fingerprint density at radius 2 is 1.82 bits per heavy atom. The Kier molecular flexibility index (Phi) is 7.90. The fraction of sp³-hybridized carbons (Fsp3) is 0.261. The zero-order valence-corrected chi connectivity index (χ0v) is 18.7. The molecule has 0 aliphatic carbocycles. The van der Waals surface area contributed by atoms with Gasteiger partial charge in [-0.25, -0.2) is 4.98 Å². The molecular formula is C23H25F3N6O2. The van der Waals surface area contributed by atoms with Crippen LogP contribution in [0.3, 0.4) is 0 Å². The number of nitrogen functional groups attached to an aromatic ring is 1. The van der Waals surface area contributed by atoms with Crippen molar-refractivity contribution in [1.29, 1.82) is 0 Å². The SMILES string of the molecule is CN(C)CCCNc1nc(NC(=O)c2ccc(N)cc2)cc(-c2cccc(OC(F)(F)F)c2)n1. The molecule has 1 aromatic heterocycles. The summed E-state index contributed by atoms with van der Waals surface area (Å²) < 4.78 is 42.0. The Morgan fingerprint density at radius 3 is 2.50 bits per heavy atom. The van der Waals surface area contributed by atoms with Gasteiger partial charge >= 0.3 is 6.36 Å². The number of rotatable bonds is 9. The molecule has 180 valence electrons. The Bertz CT molecular complexity index is 1120. The Balaban J connectivity index is 1.88. The second-order valence-corrected chi connectivity index (χ2v) is 7.70. The lowest BCUT2D eigenvalue weighted by Gasteiger charge is -2.13. The van der Waals surface area contributed by atoms with Crippen LogP contribution in [-0.4, -0.2) is 54.3 Å². The molecule has 0 saturated heterocycles. The van der Waals surface area contributed by atoms with Crippen LogP contribution in [0.1, 0.15) is 16.8 Å². The predicted molar refractivity (Wildman–Crippen MR) is 125 cm³/mol. The fourth-order valence-electron chi connectivity index (χ4n) is 3.01. The van der Waals surface area contributed by atoms with Gasteiger partial charge in [0.1, 0.15) is 11.6 Å². The van der Waals surface area contributed by atoms with Crippen LogP contribution in [0.2, 0.25) is 0 Å². The monoisotopic (exact) mass is 474 g/mol. The lowest BCUT2D eigenvalue weighted by Crippen LogP contribution is -2.18. The van der Waals surface area contributed by atoms with E-state index in [4.69, 9.17) is 5.73 Å². The molecule has 0 radical (unpaired) electrons.